The molecule has 260 valence electrons. The number of fused-ring (bicyclic) bond motifs is 2. The van der Waals surface area contributed by atoms with Gasteiger partial charge in [-0.05, 0) is 66.0 Å². The molecule has 0 unspecified atom stereocenters. The van der Waals surface area contributed by atoms with Crippen LogP contribution in [0.3, 0.4) is 0 Å². The van der Waals surface area contributed by atoms with Crippen LogP contribution in [0.15, 0.2) is 91.0 Å². The summed E-state index contributed by atoms with van der Waals surface area (Å²) in [7, 11) is 0. The average molecular weight is 696 g/mol. The van der Waals surface area contributed by atoms with Crippen molar-refractivity contribution in [3.63, 3.8) is 0 Å². The number of carboxylic acids is 1. The third-order valence-corrected chi connectivity index (χ3v) is 10.1. The molecule has 1 saturated carbocycles. The van der Waals surface area contributed by atoms with E-state index in [1.165, 1.54) is 31.4 Å². The molecular weight excluding hydrogens is 649 g/mol. The first-order valence-electron chi connectivity index (χ1n) is 17.9. The van der Waals surface area contributed by atoms with E-state index in [0.29, 0.717) is 18.8 Å². The zero-order chi connectivity index (χ0) is 35.3. The molecule has 0 saturated heterocycles. The Balaban J connectivity index is 0.00000504. The van der Waals surface area contributed by atoms with Crippen LogP contribution in [0.5, 0.6) is 11.5 Å². The Hall–Kier alpha value is -3.91. The maximum atomic E-state index is 13.9. The van der Waals surface area contributed by atoms with Crippen molar-refractivity contribution >= 4 is 23.5 Å². The van der Waals surface area contributed by atoms with Crippen LogP contribution in [-0.2, 0) is 21.4 Å². The minimum Gasteiger partial charge on any atom is -0.545 e. The SMILES string of the molecule is CC(C)(C)c1ccc(CC[C@@H](CC2CCCCC2)OC(=O)c2ccccc2C(=O)[O-])cc1NC(=O)CC1c2ccccc2Oc2ccccc21.[Na+]. The van der Waals surface area contributed by atoms with Crippen LogP contribution in [0.2, 0.25) is 0 Å². The molecular formula is C43H46NNaO6. The van der Waals surface area contributed by atoms with Crippen molar-refractivity contribution in [1.29, 1.82) is 0 Å². The van der Waals surface area contributed by atoms with Gasteiger partial charge in [0.15, 0.2) is 0 Å². The number of amides is 1. The van der Waals surface area contributed by atoms with E-state index in [-0.39, 0.29) is 70.4 Å². The Morgan fingerprint density at radius 1 is 0.843 bits per heavy atom. The van der Waals surface area contributed by atoms with Gasteiger partial charge < -0.3 is 24.7 Å². The Morgan fingerprint density at radius 2 is 1.45 bits per heavy atom. The third kappa shape index (κ3) is 9.50. The van der Waals surface area contributed by atoms with Crippen LogP contribution in [0.25, 0.3) is 0 Å². The Labute approximate surface area is 323 Å². The number of carbonyl (C=O) groups excluding carboxylic acids is 3. The van der Waals surface area contributed by atoms with Crippen molar-refractivity contribution in [2.75, 3.05) is 5.32 Å². The number of ether oxygens (including phenoxy) is 2. The summed E-state index contributed by atoms with van der Waals surface area (Å²) < 4.78 is 12.2. The summed E-state index contributed by atoms with van der Waals surface area (Å²) >= 11 is 0. The Bertz CT molecular complexity index is 1810. The second kappa shape index (κ2) is 17.1. The van der Waals surface area contributed by atoms with Crippen LogP contribution in [0.1, 0.15) is 121 Å². The molecule has 1 aliphatic carbocycles. The normalized spacial score (nSPS) is 15.0. The number of carbonyl (C=O) groups is 3. The van der Waals surface area contributed by atoms with E-state index in [2.05, 4.69) is 44.3 Å². The summed E-state index contributed by atoms with van der Waals surface area (Å²) in [6.45, 7) is 6.40. The number of hydrogen-bond donors (Lipinski definition) is 1. The van der Waals surface area contributed by atoms with Crippen molar-refractivity contribution in [1.82, 2.24) is 0 Å². The average Bonchev–Trinajstić information content (AvgIpc) is 3.10. The number of rotatable bonds is 11. The molecule has 0 spiro atoms. The first-order chi connectivity index (χ1) is 24.1. The maximum absolute atomic E-state index is 13.9. The number of anilines is 1. The van der Waals surface area contributed by atoms with Crippen LogP contribution in [0.4, 0.5) is 5.69 Å². The Morgan fingerprint density at radius 3 is 2.08 bits per heavy atom. The molecule has 1 amide bonds. The molecule has 0 radical (unpaired) electrons. The van der Waals surface area contributed by atoms with Gasteiger partial charge in [-0.25, -0.2) is 4.79 Å². The van der Waals surface area contributed by atoms with Crippen LogP contribution >= 0.6 is 0 Å². The minimum atomic E-state index is -1.40. The molecule has 1 aliphatic heterocycles. The number of carboxylic acid groups (broad SMARTS) is 1. The van der Waals surface area contributed by atoms with Crippen molar-refractivity contribution in [2.45, 2.75) is 96.0 Å². The zero-order valence-corrected chi connectivity index (χ0v) is 32.2. The standard InChI is InChI=1S/C43H47NO6.Na/c1-43(2,3)36-24-22-29(21-23-30(25-28-13-5-4-6-14-28)49-42(48)34-18-8-7-17-33(34)41(46)47)26-37(36)44-40(45)27-35-31-15-9-11-19-38(31)50-39-20-12-10-16-32(35)39;/h7-12,15-20,22,24,26,28,30,35H,4-6,13-14,21,23,25,27H2,1-3H3,(H,44,45)(H,46,47);/q;+1/p-1/t30-;/m0./s1. The molecule has 1 heterocycles. The van der Waals surface area contributed by atoms with Gasteiger partial charge in [0.05, 0.1) is 11.5 Å². The van der Waals surface area contributed by atoms with Gasteiger partial charge in [0, 0.05) is 34.7 Å². The summed E-state index contributed by atoms with van der Waals surface area (Å²) in [5, 5.41) is 15.0. The van der Waals surface area contributed by atoms with Crippen molar-refractivity contribution < 1.29 is 58.5 Å². The fraction of sp³-hybridized carbons (Fsp3) is 0.372. The third-order valence-electron chi connectivity index (χ3n) is 10.1. The molecule has 51 heavy (non-hydrogen) atoms. The van der Waals surface area contributed by atoms with Gasteiger partial charge in [-0.1, -0.05) is 120 Å². The topological polar surface area (TPSA) is 105 Å². The number of aryl methyl sites for hydroxylation is 1. The molecule has 1 N–H and O–H groups in total. The number of para-hydroxylation sites is 2. The predicted molar refractivity (Wildman–Crippen MR) is 193 cm³/mol. The van der Waals surface area contributed by atoms with Gasteiger partial charge in [0.1, 0.15) is 17.6 Å². The number of aromatic carboxylic acids is 1. The predicted octanol–water partition coefficient (Wildman–Crippen LogP) is 5.75. The summed E-state index contributed by atoms with van der Waals surface area (Å²) in [6, 6.07) is 28.0. The molecule has 1 atom stereocenters. The largest absolute Gasteiger partial charge is 1.00 e. The monoisotopic (exact) mass is 695 g/mol. The summed E-state index contributed by atoms with van der Waals surface area (Å²) in [5.41, 5.74) is 4.44. The summed E-state index contributed by atoms with van der Waals surface area (Å²) in [4.78, 5) is 38.9. The van der Waals surface area contributed by atoms with E-state index in [1.807, 2.05) is 48.5 Å². The first-order valence-corrected chi connectivity index (χ1v) is 17.9. The van der Waals surface area contributed by atoms with Crippen molar-refractivity contribution in [3.8, 4) is 11.5 Å². The van der Waals surface area contributed by atoms with Crippen molar-refractivity contribution in [2.24, 2.45) is 5.92 Å². The fourth-order valence-electron chi connectivity index (χ4n) is 7.52. The van der Waals surface area contributed by atoms with E-state index >= 15 is 0 Å². The molecule has 4 aromatic rings. The molecule has 6 rings (SSSR count). The number of esters is 1. The van der Waals surface area contributed by atoms with E-state index < -0.39 is 11.9 Å². The van der Waals surface area contributed by atoms with Gasteiger partial charge in [0.25, 0.3) is 0 Å². The smallest absolute Gasteiger partial charge is 0.545 e. The number of benzene rings is 4. The molecule has 1 fully saturated rings. The van der Waals surface area contributed by atoms with Crippen LogP contribution in [-0.4, -0.2) is 23.9 Å². The van der Waals surface area contributed by atoms with E-state index in [0.717, 1.165) is 58.7 Å². The molecule has 0 aromatic heterocycles. The van der Waals surface area contributed by atoms with Gasteiger partial charge in [0.2, 0.25) is 5.91 Å². The number of hydrogen-bond acceptors (Lipinski definition) is 6. The summed E-state index contributed by atoms with van der Waals surface area (Å²) in [5.74, 6) is -0.273. The van der Waals surface area contributed by atoms with Crippen LogP contribution in [0, 0.1) is 5.92 Å². The van der Waals surface area contributed by atoms with Gasteiger partial charge >= 0.3 is 35.5 Å². The zero-order valence-electron chi connectivity index (χ0n) is 30.2. The van der Waals surface area contributed by atoms with Gasteiger partial charge in [-0.15, -0.1) is 0 Å². The van der Waals surface area contributed by atoms with E-state index in [9.17, 15) is 19.5 Å². The molecule has 2 aliphatic rings. The molecule has 0 bridgehead atoms. The second-order valence-electron chi connectivity index (χ2n) is 14.8. The number of nitrogens with one attached hydrogen (secondary N) is 1. The van der Waals surface area contributed by atoms with Crippen LogP contribution < -0.4 is 44.7 Å². The molecule has 8 heteroatoms. The van der Waals surface area contributed by atoms with Crippen molar-refractivity contribution in [3.05, 3.63) is 124 Å². The second-order valence-corrected chi connectivity index (χ2v) is 14.8. The minimum absolute atomic E-state index is 0. The summed E-state index contributed by atoms with van der Waals surface area (Å²) in [6.07, 6.45) is 7.58. The van der Waals surface area contributed by atoms with Gasteiger partial charge in [-0.2, -0.15) is 0 Å². The van der Waals surface area contributed by atoms with E-state index in [1.54, 1.807) is 12.1 Å². The fourth-order valence-corrected chi connectivity index (χ4v) is 7.52. The quantitative estimate of drug-likeness (QED) is 0.159. The maximum Gasteiger partial charge on any atom is 1.00 e. The molecule has 4 aromatic carbocycles. The van der Waals surface area contributed by atoms with Gasteiger partial charge in [-0.3, -0.25) is 4.79 Å². The first kappa shape index (κ1) is 38.3. The molecule has 7 nitrogen and oxygen atoms in total. The Kier molecular flexibility index (Phi) is 12.8. The van der Waals surface area contributed by atoms with E-state index in [4.69, 9.17) is 9.47 Å².